The molecule has 0 spiro atoms. The van der Waals surface area contributed by atoms with Crippen molar-refractivity contribution < 1.29 is 24.2 Å². The van der Waals surface area contributed by atoms with E-state index in [4.69, 9.17) is 9.47 Å². The summed E-state index contributed by atoms with van der Waals surface area (Å²) in [6.07, 6.45) is 4.23. The lowest BCUT2D eigenvalue weighted by atomic mass is 9.50. The van der Waals surface area contributed by atoms with Crippen LogP contribution in [0.5, 0.6) is 0 Å². The van der Waals surface area contributed by atoms with E-state index in [-0.39, 0.29) is 23.4 Å². The first kappa shape index (κ1) is 13.1. The summed E-state index contributed by atoms with van der Waals surface area (Å²) >= 11 is 0. The third kappa shape index (κ3) is 1.45. The summed E-state index contributed by atoms with van der Waals surface area (Å²) < 4.78 is 10.4. The average molecular weight is 290 g/mol. The molecule has 5 nitrogen and oxygen atoms in total. The van der Waals surface area contributed by atoms with Gasteiger partial charge in [0.15, 0.2) is 0 Å². The Bertz CT molecular complexity index is 618. The van der Waals surface area contributed by atoms with Crippen molar-refractivity contribution in [3.63, 3.8) is 0 Å². The van der Waals surface area contributed by atoms with Gasteiger partial charge in [-0.3, -0.25) is 4.79 Å². The number of carbonyl (C=O) groups is 2. The largest absolute Gasteiger partial charge is 0.457 e. The Labute approximate surface area is 122 Å². The lowest BCUT2D eigenvalue weighted by Crippen LogP contribution is -2.51. The highest BCUT2D eigenvalue weighted by atomic mass is 16.6. The number of hydrogen-bond acceptors (Lipinski definition) is 5. The second kappa shape index (κ2) is 3.77. The number of carbonyl (C=O) groups excluding carboxylic acids is 2. The first-order chi connectivity index (χ1) is 9.86. The van der Waals surface area contributed by atoms with Crippen LogP contribution in [-0.2, 0) is 19.1 Å². The van der Waals surface area contributed by atoms with Crippen molar-refractivity contribution in [3.8, 4) is 0 Å². The van der Waals surface area contributed by atoms with E-state index in [1.165, 1.54) is 6.08 Å². The van der Waals surface area contributed by atoms with Gasteiger partial charge in [0.1, 0.15) is 6.10 Å². The maximum absolute atomic E-state index is 12.3. The van der Waals surface area contributed by atoms with Crippen molar-refractivity contribution in [2.24, 2.45) is 16.7 Å². The molecule has 0 bridgehead atoms. The Hall–Kier alpha value is -1.62. The number of fused-ring (bicyclic) bond motifs is 2. The second-order valence-electron chi connectivity index (χ2n) is 7.01. The van der Waals surface area contributed by atoms with Gasteiger partial charge in [0.2, 0.25) is 6.29 Å². The lowest BCUT2D eigenvalue weighted by molar-refractivity contribution is -0.158. The van der Waals surface area contributed by atoms with Crippen molar-refractivity contribution in [1.29, 1.82) is 0 Å². The molecule has 0 aromatic rings. The van der Waals surface area contributed by atoms with E-state index < -0.39 is 17.7 Å². The van der Waals surface area contributed by atoms with Gasteiger partial charge in [0.25, 0.3) is 0 Å². The Balaban J connectivity index is 1.94. The van der Waals surface area contributed by atoms with Gasteiger partial charge in [-0.05, 0) is 31.4 Å². The van der Waals surface area contributed by atoms with Crippen molar-refractivity contribution >= 4 is 11.9 Å². The van der Waals surface area contributed by atoms with E-state index in [2.05, 4.69) is 6.92 Å². The summed E-state index contributed by atoms with van der Waals surface area (Å²) in [5.41, 5.74) is 0.551. The van der Waals surface area contributed by atoms with Crippen molar-refractivity contribution in [1.82, 2.24) is 0 Å². The summed E-state index contributed by atoms with van der Waals surface area (Å²) in [6.45, 7) is 4.04. The number of ether oxygens (including phenoxy) is 2. The van der Waals surface area contributed by atoms with E-state index in [1.807, 2.05) is 6.92 Å². The van der Waals surface area contributed by atoms with Crippen LogP contribution >= 0.6 is 0 Å². The summed E-state index contributed by atoms with van der Waals surface area (Å²) in [7, 11) is 0. The summed E-state index contributed by atoms with van der Waals surface area (Å²) in [5, 5.41) is 10.0. The predicted octanol–water partition coefficient (Wildman–Crippen LogP) is 1.47. The molecule has 0 radical (unpaired) electrons. The highest BCUT2D eigenvalue weighted by Gasteiger charge is 2.65. The molecule has 2 heterocycles. The van der Waals surface area contributed by atoms with E-state index in [0.29, 0.717) is 5.57 Å². The van der Waals surface area contributed by atoms with Crippen LogP contribution in [0.25, 0.3) is 0 Å². The maximum atomic E-state index is 12.3. The highest BCUT2D eigenvalue weighted by molar-refractivity contribution is 5.87. The molecule has 5 unspecified atom stereocenters. The first-order valence-corrected chi connectivity index (χ1v) is 7.40. The summed E-state index contributed by atoms with van der Waals surface area (Å²) in [5.74, 6) is -0.674. The molecule has 2 aliphatic heterocycles. The fourth-order valence-corrected chi connectivity index (χ4v) is 4.94. The van der Waals surface area contributed by atoms with Crippen LogP contribution in [0.15, 0.2) is 23.3 Å². The molecule has 0 amide bonds. The van der Waals surface area contributed by atoms with Gasteiger partial charge in [0.05, 0.1) is 5.41 Å². The molecule has 2 aliphatic carbocycles. The fourth-order valence-electron chi connectivity index (χ4n) is 4.94. The topological polar surface area (TPSA) is 72.8 Å². The Kier molecular flexibility index (Phi) is 2.35. The van der Waals surface area contributed by atoms with Crippen LogP contribution < -0.4 is 0 Å². The number of esters is 2. The van der Waals surface area contributed by atoms with Gasteiger partial charge in [-0.25, -0.2) is 4.79 Å². The van der Waals surface area contributed by atoms with Crippen LogP contribution in [0.3, 0.4) is 0 Å². The van der Waals surface area contributed by atoms with E-state index in [9.17, 15) is 14.7 Å². The smallest absolute Gasteiger partial charge is 0.333 e. The van der Waals surface area contributed by atoms with Crippen LogP contribution in [0.1, 0.15) is 33.1 Å². The molecule has 1 saturated carbocycles. The molecule has 1 N–H and O–H groups in total. The van der Waals surface area contributed by atoms with Gasteiger partial charge >= 0.3 is 11.9 Å². The zero-order valence-electron chi connectivity index (χ0n) is 12.1. The number of rotatable bonds is 0. The number of cyclic esters (lactones) is 1. The molecular weight excluding hydrogens is 272 g/mol. The average Bonchev–Trinajstić information content (AvgIpc) is 2.65. The monoisotopic (exact) mass is 290 g/mol. The van der Waals surface area contributed by atoms with E-state index in [1.54, 1.807) is 6.08 Å². The minimum absolute atomic E-state index is 0.0133. The van der Waals surface area contributed by atoms with Crippen molar-refractivity contribution in [2.45, 2.75) is 45.5 Å². The maximum Gasteiger partial charge on any atom is 0.333 e. The molecule has 0 aromatic carbocycles. The van der Waals surface area contributed by atoms with Gasteiger partial charge in [-0.15, -0.1) is 0 Å². The van der Waals surface area contributed by atoms with Gasteiger partial charge < -0.3 is 14.6 Å². The molecule has 5 heteroatoms. The molecule has 0 aromatic heterocycles. The first-order valence-electron chi connectivity index (χ1n) is 7.40. The highest BCUT2D eigenvalue weighted by Crippen LogP contribution is 2.64. The Morgan fingerprint density at radius 2 is 1.90 bits per heavy atom. The molecule has 4 rings (SSSR count). The Morgan fingerprint density at radius 1 is 1.19 bits per heavy atom. The minimum Gasteiger partial charge on any atom is -0.457 e. The van der Waals surface area contributed by atoms with Crippen molar-refractivity contribution in [2.75, 3.05) is 0 Å². The lowest BCUT2D eigenvalue weighted by Gasteiger charge is -2.52. The predicted molar refractivity (Wildman–Crippen MR) is 71.7 cm³/mol. The molecule has 2 fully saturated rings. The molecule has 1 saturated heterocycles. The van der Waals surface area contributed by atoms with Gasteiger partial charge in [-0.2, -0.15) is 0 Å². The third-order valence-electron chi connectivity index (χ3n) is 5.83. The van der Waals surface area contributed by atoms with Crippen LogP contribution in [-0.4, -0.2) is 29.4 Å². The summed E-state index contributed by atoms with van der Waals surface area (Å²) in [6, 6.07) is 0. The molecular formula is C16H18O5. The molecule has 112 valence electrons. The number of hydrogen-bond donors (Lipinski definition) is 1. The molecule has 5 atom stereocenters. The van der Waals surface area contributed by atoms with E-state index >= 15 is 0 Å². The second-order valence-corrected chi connectivity index (χ2v) is 7.01. The number of aliphatic hydroxyl groups is 1. The minimum atomic E-state index is -1.26. The van der Waals surface area contributed by atoms with Crippen LogP contribution in [0.2, 0.25) is 0 Å². The van der Waals surface area contributed by atoms with Crippen LogP contribution in [0, 0.1) is 16.7 Å². The molecule has 4 aliphatic rings. The normalized spacial score (nSPS) is 47.7. The van der Waals surface area contributed by atoms with Crippen LogP contribution in [0.4, 0.5) is 0 Å². The van der Waals surface area contributed by atoms with E-state index in [0.717, 1.165) is 24.8 Å². The quantitative estimate of drug-likeness (QED) is 0.684. The number of aliphatic hydroxyl groups excluding tert-OH is 1. The third-order valence-corrected chi connectivity index (χ3v) is 5.83. The Morgan fingerprint density at radius 3 is 2.67 bits per heavy atom. The molecule has 21 heavy (non-hydrogen) atoms. The zero-order valence-corrected chi connectivity index (χ0v) is 12.1. The zero-order chi connectivity index (χ0) is 15.0. The fraction of sp³-hybridized carbons (Fsp3) is 0.625. The van der Waals surface area contributed by atoms with Gasteiger partial charge in [0, 0.05) is 23.0 Å². The summed E-state index contributed by atoms with van der Waals surface area (Å²) in [4.78, 5) is 24.0. The van der Waals surface area contributed by atoms with Crippen molar-refractivity contribution in [3.05, 3.63) is 23.3 Å². The van der Waals surface area contributed by atoms with Gasteiger partial charge in [-0.1, -0.05) is 13.3 Å². The standard InChI is InChI=1S/C16H18O5/c1-15-4-3-5-16(2)12(15)10(20-14(16)19)6-8-9(15)7-11(17)21-13(8)18/h6-7,10,12-13,18H,3-5H2,1-2H3. The SMILES string of the molecule is CC12CCCC3(C)C4=CC(=O)OC(O)C4=CC(OC1=O)C23.